The third-order valence-corrected chi connectivity index (χ3v) is 10.8. The molecule has 3 unspecified atom stereocenters. The van der Waals surface area contributed by atoms with Crippen molar-refractivity contribution in [3.8, 4) is 6.01 Å². The number of rotatable bonds is 5. The molecule has 1 amide bonds. The molecule has 3 aromatic rings. The quantitative estimate of drug-likeness (QED) is 0.283. The van der Waals surface area contributed by atoms with Gasteiger partial charge >= 0.3 is 12.2 Å². The number of amides is 1. The summed E-state index contributed by atoms with van der Waals surface area (Å²) in [6.07, 6.45) is -2.87. The largest absolute Gasteiger partial charge is 0.467 e. The molecule has 2 aromatic heterocycles. The molecule has 0 bridgehead atoms. The van der Waals surface area contributed by atoms with Crippen molar-refractivity contribution < 1.29 is 41.0 Å². The second-order valence-corrected chi connectivity index (χ2v) is 14.1. The third kappa shape index (κ3) is 6.99. The lowest BCUT2D eigenvalue weighted by Gasteiger charge is -2.37. The van der Waals surface area contributed by atoms with Crippen molar-refractivity contribution in [1.29, 1.82) is 0 Å². The summed E-state index contributed by atoms with van der Waals surface area (Å²) < 4.78 is 87.2. The lowest BCUT2D eigenvalue weighted by molar-refractivity contribution is -0.140. The predicted octanol–water partition coefficient (Wildman–Crippen LogP) is 4.96. The third-order valence-electron chi connectivity index (χ3n) is 10.4. The highest BCUT2D eigenvalue weighted by molar-refractivity contribution is 6.34. The van der Waals surface area contributed by atoms with Gasteiger partial charge in [-0.05, 0) is 44.4 Å². The topological polar surface area (TPSA) is 124 Å². The van der Waals surface area contributed by atoms with Crippen LogP contribution in [-0.4, -0.2) is 101 Å². The van der Waals surface area contributed by atoms with Gasteiger partial charge in [-0.25, -0.2) is 8.78 Å². The van der Waals surface area contributed by atoms with Gasteiger partial charge in [-0.15, -0.1) is 0 Å². The molecule has 1 aromatic carbocycles. The number of nitrogens with two attached hydrogens (primary N) is 1. The number of benzene rings is 1. The highest BCUT2D eigenvalue weighted by Crippen LogP contribution is 2.43. The van der Waals surface area contributed by atoms with Gasteiger partial charge in [0.2, 0.25) is 0 Å². The molecule has 0 saturated carbocycles. The zero-order chi connectivity index (χ0) is 36.9. The summed E-state index contributed by atoms with van der Waals surface area (Å²) in [4.78, 5) is 27.8. The van der Waals surface area contributed by atoms with Crippen molar-refractivity contribution in [3.63, 3.8) is 0 Å². The van der Waals surface area contributed by atoms with Gasteiger partial charge in [0.25, 0.3) is 5.91 Å². The first kappa shape index (κ1) is 36.6. The molecule has 18 heteroatoms. The van der Waals surface area contributed by atoms with Crippen LogP contribution in [0.3, 0.4) is 0 Å². The fraction of sp³-hybridized carbons (Fsp3) is 0.588. The van der Waals surface area contributed by atoms with Crippen LogP contribution in [0.5, 0.6) is 6.01 Å². The van der Waals surface area contributed by atoms with Crippen LogP contribution in [0.25, 0.3) is 0 Å². The smallest absolute Gasteiger partial charge is 0.416 e. The van der Waals surface area contributed by atoms with Crippen LogP contribution in [0.1, 0.15) is 70.4 Å². The van der Waals surface area contributed by atoms with Gasteiger partial charge in [0, 0.05) is 63.4 Å². The van der Waals surface area contributed by atoms with E-state index in [2.05, 4.69) is 20.0 Å². The molecule has 5 aliphatic rings. The SMILES string of the molecule is COc1nc2c(c(N3CCCn4nc(C(=O)N5CC(OC)C5)c(Cl)c4C3)n1)COC(c1c(C(F)(F)F)ccc(N)c1F)C2.FC1CC2CCCN2C1. The van der Waals surface area contributed by atoms with Crippen LogP contribution in [-0.2, 0) is 41.8 Å². The summed E-state index contributed by atoms with van der Waals surface area (Å²) in [6.45, 7) is 3.83. The Hall–Kier alpha value is -3.80. The van der Waals surface area contributed by atoms with Gasteiger partial charge in [0.05, 0.1) is 60.1 Å². The van der Waals surface area contributed by atoms with Crippen molar-refractivity contribution >= 4 is 29.0 Å². The van der Waals surface area contributed by atoms with E-state index in [4.69, 9.17) is 31.5 Å². The number of ether oxygens (including phenoxy) is 3. The zero-order valence-corrected chi connectivity index (χ0v) is 29.5. The molecule has 2 N–H and O–H groups in total. The molecule has 0 spiro atoms. The Balaban J connectivity index is 0.000000404. The Morgan fingerprint density at radius 1 is 1.10 bits per heavy atom. The van der Waals surface area contributed by atoms with E-state index < -0.39 is 41.1 Å². The molecule has 3 atom stereocenters. The summed E-state index contributed by atoms with van der Waals surface area (Å²) in [5, 5.41) is 4.74. The van der Waals surface area contributed by atoms with Crippen molar-refractivity contribution in [3.05, 3.63) is 56.7 Å². The maximum atomic E-state index is 15.0. The molecule has 5 aliphatic heterocycles. The fourth-order valence-electron chi connectivity index (χ4n) is 7.67. The second kappa shape index (κ2) is 14.6. The number of nitrogens with zero attached hydrogens (tertiary/aromatic N) is 7. The molecule has 3 fully saturated rings. The molecule has 52 heavy (non-hydrogen) atoms. The average Bonchev–Trinajstić information content (AvgIpc) is 3.71. The predicted molar refractivity (Wildman–Crippen MR) is 179 cm³/mol. The van der Waals surface area contributed by atoms with E-state index in [-0.39, 0.29) is 48.3 Å². The zero-order valence-electron chi connectivity index (χ0n) is 28.8. The van der Waals surface area contributed by atoms with Crippen LogP contribution in [0, 0.1) is 5.82 Å². The van der Waals surface area contributed by atoms with Crippen LogP contribution in [0.4, 0.5) is 33.5 Å². The summed E-state index contributed by atoms with van der Waals surface area (Å²) in [7, 11) is 2.96. The minimum atomic E-state index is -4.82. The maximum absolute atomic E-state index is 15.0. The van der Waals surface area contributed by atoms with Crippen LogP contribution in [0.15, 0.2) is 12.1 Å². The van der Waals surface area contributed by atoms with E-state index in [9.17, 15) is 22.4 Å². The molecular weight excluding hydrogens is 715 g/mol. The van der Waals surface area contributed by atoms with Gasteiger partial charge in [-0.2, -0.15) is 28.2 Å². The summed E-state index contributed by atoms with van der Waals surface area (Å²) >= 11 is 6.72. The average molecular weight is 755 g/mol. The maximum Gasteiger partial charge on any atom is 0.416 e. The van der Waals surface area contributed by atoms with Gasteiger partial charge in [0.15, 0.2) is 11.5 Å². The number of carbonyl (C=O) groups is 1. The van der Waals surface area contributed by atoms with Crippen molar-refractivity contribution in [1.82, 2.24) is 29.5 Å². The van der Waals surface area contributed by atoms with E-state index in [1.807, 2.05) is 4.90 Å². The molecule has 12 nitrogen and oxygen atoms in total. The number of fused-ring (bicyclic) bond motifs is 3. The first-order valence-electron chi connectivity index (χ1n) is 17.3. The molecular formula is C34H40ClF5N8O4. The Bertz CT molecular complexity index is 1810. The summed E-state index contributed by atoms with van der Waals surface area (Å²) in [6, 6.07) is 2.24. The minimum Gasteiger partial charge on any atom is -0.467 e. The van der Waals surface area contributed by atoms with Gasteiger partial charge in [0.1, 0.15) is 12.0 Å². The van der Waals surface area contributed by atoms with E-state index in [0.717, 1.165) is 25.1 Å². The molecule has 7 heterocycles. The highest BCUT2D eigenvalue weighted by atomic mass is 35.5. The van der Waals surface area contributed by atoms with Gasteiger partial charge in [-0.3, -0.25) is 14.4 Å². The number of aromatic nitrogens is 4. The normalized spacial score (nSPS) is 23.3. The number of halogens is 6. The number of alkyl halides is 4. The second-order valence-electron chi connectivity index (χ2n) is 13.7. The van der Waals surface area contributed by atoms with E-state index in [1.165, 1.54) is 20.0 Å². The summed E-state index contributed by atoms with van der Waals surface area (Å²) in [5.74, 6) is -1.02. The molecule has 282 valence electrons. The Labute approximate surface area is 301 Å². The van der Waals surface area contributed by atoms with Crippen molar-refractivity contribution in [2.24, 2.45) is 0 Å². The number of methoxy groups -OCH3 is 2. The number of aryl methyl sites for hydroxylation is 1. The number of nitrogen functional groups attached to an aromatic ring is 1. The number of hydrogen-bond donors (Lipinski definition) is 1. The van der Waals surface area contributed by atoms with Crippen molar-refractivity contribution in [2.75, 3.05) is 57.6 Å². The first-order valence-corrected chi connectivity index (χ1v) is 17.6. The Morgan fingerprint density at radius 2 is 1.88 bits per heavy atom. The standard InChI is InChI=1S/C27H28ClF4N7O4.C7H12FN/c1-41-13-9-38(10-13)25(40)23-21(28)18-11-37(6-3-7-39(18)36-23)24-14-12-43-19(8-17(14)34-26(35-24)42-2)20-15(27(30,31)32)4-5-16(33)22(20)29;8-6-4-7-2-1-3-9(7)5-6/h4-5,13,19H,3,6-12,33H2,1-2H3;6-7H,1-5H2. The van der Waals surface area contributed by atoms with Crippen LogP contribution >= 0.6 is 11.6 Å². The van der Waals surface area contributed by atoms with Crippen LogP contribution < -0.4 is 15.4 Å². The molecule has 3 saturated heterocycles. The highest BCUT2D eigenvalue weighted by Gasteiger charge is 2.41. The number of anilines is 2. The van der Waals surface area contributed by atoms with Gasteiger partial charge < -0.3 is 29.7 Å². The molecule has 0 radical (unpaired) electrons. The Morgan fingerprint density at radius 3 is 2.60 bits per heavy atom. The molecule has 0 aliphatic carbocycles. The minimum absolute atomic E-state index is 0.0105. The number of likely N-dealkylation sites (tertiary alicyclic amines) is 1. The van der Waals surface area contributed by atoms with E-state index in [1.54, 1.807) is 16.7 Å². The van der Waals surface area contributed by atoms with Crippen LogP contribution in [0.2, 0.25) is 5.02 Å². The lowest BCUT2D eigenvalue weighted by Crippen LogP contribution is -2.54. The Kier molecular flexibility index (Phi) is 10.2. The number of hydrogen-bond acceptors (Lipinski definition) is 10. The number of carbonyl (C=O) groups excluding carboxylic acids is 1. The fourth-order valence-corrected chi connectivity index (χ4v) is 7.95. The van der Waals surface area contributed by atoms with E-state index >= 15 is 4.39 Å². The molecule has 8 rings (SSSR count). The summed E-state index contributed by atoms with van der Waals surface area (Å²) in [5.41, 5.74) is 5.05. The van der Waals surface area contributed by atoms with E-state index in [0.29, 0.717) is 68.0 Å². The van der Waals surface area contributed by atoms with Crippen molar-refractivity contribution in [2.45, 2.75) is 82.4 Å². The lowest BCUT2D eigenvalue weighted by atomic mass is 9.94. The van der Waals surface area contributed by atoms with Gasteiger partial charge in [-0.1, -0.05) is 11.6 Å². The monoisotopic (exact) mass is 754 g/mol. The first-order chi connectivity index (χ1) is 24.9.